The lowest BCUT2D eigenvalue weighted by Crippen LogP contribution is -2.09. The van der Waals surface area contributed by atoms with Gasteiger partial charge in [-0.05, 0) is 31.2 Å². The number of carbonyl (C=O) groups excluding carboxylic acids is 1. The zero-order valence-electron chi connectivity index (χ0n) is 16.1. The molecule has 4 aromatic rings. The molecule has 0 spiro atoms. The number of nitrogens with zero attached hydrogens (tertiary/aromatic N) is 4. The Morgan fingerprint density at radius 1 is 1.23 bits per heavy atom. The van der Waals surface area contributed by atoms with Crippen LogP contribution in [-0.4, -0.2) is 25.8 Å². The first-order chi connectivity index (χ1) is 14.9. The zero-order valence-corrected chi connectivity index (χ0v) is 17.8. The second-order valence-corrected chi connectivity index (χ2v) is 8.56. The van der Waals surface area contributed by atoms with E-state index in [0.717, 1.165) is 5.69 Å². The van der Waals surface area contributed by atoms with Crippen LogP contribution >= 0.6 is 23.1 Å². The van der Waals surface area contributed by atoms with Gasteiger partial charge >= 0.3 is 5.97 Å². The van der Waals surface area contributed by atoms with Gasteiger partial charge in [-0.3, -0.25) is 10.1 Å². The van der Waals surface area contributed by atoms with Crippen LogP contribution in [0.2, 0.25) is 0 Å². The minimum Gasteiger partial charge on any atom is -0.454 e. The molecule has 0 radical (unpaired) electrons. The first kappa shape index (κ1) is 20.7. The second-order valence-electron chi connectivity index (χ2n) is 6.41. The number of thiazole rings is 1. The number of rotatable bonds is 6. The lowest BCUT2D eigenvalue weighted by molar-refractivity contribution is -0.387. The van der Waals surface area contributed by atoms with E-state index >= 15 is 0 Å². The molecule has 2 N–H and O–H groups in total. The first-order valence-electron chi connectivity index (χ1n) is 8.97. The molecule has 9 nitrogen and oxygen atoms in total. The van der Waals surface area contributed by atoms with Crippen LogP contribution in [0.3, 0.4) is 0 Å². The van der Waals surface area contributed by atoms with E-state index in [9.17, 15) is 14.9 Å². The van der Waals surface area contributed by atoms with Crippen molar-refractivity contribution in [2.45, 2.75) is 22.8 Å². The average Bonchev–Trinajstić information content (AvgIpc) is 3.16. The van der Waals surface area contributed by atoms with Crippen LogP contribution < -0.4 is 5.73 Å². The second kappa shape index (κ2) is 8.66. The van der Waals surface area contributed by atoms with Crippen LogP contribution in [0.15, 0.2) is 57.1 Å². The Morgan fingerprint density at radius 2 is 2.03 bits per heavy atom. The molecule has 2 aromatic carbocycles. The smallest absolute Gasteiger partial charge is 0.338 e. The van der Waals surface area contributed by atoms with Crippen molar-refractivity contribution >= 4 is 51.5 Å². The molecule has 4 rings (SSSR count). The Balaban J connectivity index is 1.52. The number of nitro groups is 1. The van der Waals surface area contributed by atoms with Crippen LogP contribution in [0.25, 0.3) is 10.9 Å². The van der Waals surface area contributed by atoms with E-state index in [0.29, 0.717) is 20.1 Å². The highest BCUT2D eigenvalue weighted by Gasteiger charge is 2.20. The largest absolute Gasteiger partial charge is 0.454 e. The number of anilines is 1. The fourth-order valence-electron chi connectivity index (χ4n) is 2.78. The average molecular weight is 454 g/mol. The lowest BCUT2D eigenvalue weighted by atomic mass is 10.2. The predicted octanol–water partition coefficient (Wildman–Crippen LogP) is 4.39. The van der Waals surface area contributed by atoms with Crippen molar-refractivity contribution in [2.24, 2.45) is 0 Å². The summed E-state index contributed by atoms with van der Waals surface area (Å²) in [7, 11) is 0. The van der Waals surface area contributed by atoms with Gasteiger partial charge in [0.2, 0.25) is 0 Å². The number of aromatic nitrogens is 3. The van der Waals surface area contributed by atoms with E-state index in [2.05, 4.69) is 15.0 Å². The molecule has 2 aromatic heterocycles. The molecular formula is C20H15N5O4S2. The number of benzene rings is 2. The van der Waals surface area contributed by atoms with Crippen molar-refractivity contribution in [1.82, 2.24) is 15.0 Å². The summed E-state index contributed by atoms with van der Waals surface area (Å²) in [5, 5.41) is 14.1. The number of carbonyl (C=O) groups is 1. The highest BCUT2D eigenvalue weighted by Crippen LogP contribution is 2.37. The number of hydrogen-bond acceptors (Lipinski definition) is 10. The number of hydrogen-bond donors (Lipinski definition) is 1. The maximum absolute atomic E-state index is 12.5. The first-order valence-corrected chi connectivity index (χ1v) is 10.7. The van der Waals surface area contributed by atoms with E-state index in [1.165, 1.54) is 41.3 Å². The maximum atomic E-state index is 12.5. The molecule has 31 heavy (non-hydrogen) atoms. The third-order valence-corrected chi connectivity index (χ3v) is 6.32. The van der Waals surface area contributed by atoms with Crippen molar-refractivity contribution in [3.63, 3.8) is 0 Å². The monoisotopic (exact) mass is 453 g/mol. The van der Waals surface area contributed by atoms with Gasteiger partial charge in [0, 0.05) is 22.5 Å². The van der Waals surface area contributed by atoms with E-state index in [4.69, 9.17) is 10.5 Å². The highest BCUT2D eigenvalue weighted by molar-refractivity contribution is 8.01. The quantitative estimate of drug-likeness (QED) is 0.256. The fourth-order valence-corrected chi connectivity index (χ4v) is 4.65. The van der Waals surface area contributed by atoms with E-state index < -0.39 is 10.9 Å². The standard InChI is InChI=1S/C20H15N5O4S2/c1-11-10-30-20(22-11)31-16-7-6-12(8-15(16)25(27)28)19(26)29-9-17-23-14-5-3-2-4-13(14)18(21)24-17/h2-8,10H,9H2,1H3,(H2,21,23,24). The highest BCUT2D eigenvalue weighted by atomic mass is 32.2. The zero-order chi connectivity index (χ0) is 22.0. The summed E-state index contributed by atoms with van der Waals surface area (Å²) < 4.78 is 5.94. The van der Waals surface area contributed by atoms with E-state index in [1.807, 2.05) is 24.4 Å². The van der Waals surface area contributed by atoms with Crippen LogP contribution in [-0.2, 0) is 11.3 Å². The molecule has 11 heteroatoms. The number of esters is 1. The van der Waals surface area contributed by atoms with Gasteiger partial charge in [-0.1, -0.05) is 23.9 Å². The minimum absolute atomic E-state index is 0.0557. The Kier molecular flexibility index (Phi) is 5.78. The molecule has 0 amide bonds. The molecule has 2 heterocycles. The summed E-state index contributed by atoms with van der Waals surface area (Å²) in [5.74, 6) is -0.198. The van der Waals surface area contributed by atoms with Gasteiger partial charge in [-0.2, -0.15) is 0 Å². The van der Waals surface area contributed by atoms with Crippen LogP contribution in [0.4, 0.5) is 11.5 Å². The molecule has 0 aliphatic rings. The Morgan fingerprint density at radius 3 is 2.77 bits per heavy atom. The van der Waals surface area contributed by atoms with Gasteiger partial charge in [-0.15, -0.1) is 11.3 Å². The lowest BCUT2D eigenvalue weighted by Gasteiger charge is -2.07. The van der Waals surface area contributed by atoms with Crippen LogP contribution in [0, 0.1) is 17.0 Å². The van der Waals surface area contributed by atoms with Crippen molar-refractivity contribution < 1.29 is 14.5 Å². The van der Waals surface area contributed by atoms with Crippen LogP contribution in [0.5, 0.6) is 0 Å². The number of ether oxygens (including phenoxy) is 1. The van der Waals surface area contributed by atoms with Gasteiger partial charge in [0.1, 0.15) is 5.82 Å². The Hall–Kier alpha value is -3.57. The van der Waals surface area contributed by atoms with Crippen molar-refractivity contribution in [3.05, 3.63) is 75.0 Å². The molecule has 0 aliphatic carbocycles. The number of nitro benzene ring substituents is 1. The van der Waals surface area contributed by atoms with Gasteiger partial charge in [0.15, 0.2) is 16.8 Å². The summed E-state index contributed by atoms with van der Waals surface area (Å²) in [5.41, 5.74) is 7.27. The van der Waals surface area contributed by atoms with Gasteiger partial charge in [0.05, 0.1) is 20.9 Å². The van der Waals surface area contributed by atoms with Crippen molar-refractivity contribution in [1.29, 1.82) is 0 Å². The summed E-state index contributed by atoms with van der Waals surface area (Å²) >= 11 is 2.57. The summed E-state index contributed by atoms with van der Waals surface area (Å²) in [6, 6.07) is 11.4. The molecule has 0 saturated carbocycles. The SMILES string of the molecule is Cc1csc(Sc2ccc(C(=O)OCc3nc(N)c4ccccc4n3)cc2[N+](=O)[O-])n1. The molecule has 0 bridgehead atoms. The summed E-state index contributed by atoms with van der Waals surface area (Å²) in [6.45, 7) is 1.64. The fraction of sp³-hybridized carbons (Fsp3) is 0.100. The summed E-state index contributed by atoms with van der Waals surface area (Å²) in [6.07, 6.45) is 0. The third-order valence-electron chi connectivity index (χ3n) is 4.20. The maximum Gasteiger partial charge on any atom is 0.338 e. The number of nitrogen functional groups attached to an aromatic ring is 1. The number of para-hydroxylation sites is 1. The normalized spacial score (nSPS) is 10.9. The molecule has 156 valence electrons. The third kappa shape index (κ3) is 4.62. The Bertz CT molecular complexity index is 1310. The number of fused-ring (bicyclic) bond motifs is 1. The van der Waals surface area contributed by atoms with Gasteiger partial charge in [0.25, 0.3) is 5.69 Å². The van der Waals surface area contributed by atoms with Gasteiger partial charge in [-0.25, -0.2) is 19.7 Å². The van der Waals surface area contributed by atoms with E-state index in [-0.39, 0.29) is 29.5 Å². The van der Waals surface area contributed by atoms with E-state index in [1.54, 1.807) is 12.1 Å². The van der Waals surface area contributed by atoms with Gasteiger partial charge < -0.3 is 10.5 Å². The topological polar surface area (TPSA) is 134 Å². The number of nitrogens with two attached hydrogens (primary N) is 1. The molecule has 0 fully saturated rings. The van der Waals surface area contributed by atoms with Crippen molar-refractivity contribution in [3.8, 4) is 0 Å². The van der Waals surface area contributed by atoms with Crippen molar-refractivity contribution in [2.75, 3.05) is 5.73 Å². The summed E-state index contributed by atoms with van der Waals surface area (Å²) in [4.78, 5) is 36.6. The number of aryl methyl sites for hydroxylation is 1. The Labute approximate surface area is 184 Å². The van der Waals surface area contributed by atoms with Crippen LogP contribution in [0.1, 0.15) is 21.9 Å². The molecule has 0 unspecified atom stereocenters. The molecule has 0 saturated heterocycles. The molecule has 0 aliphatic heterocycles. The predicted molar refractivity (Wildman–Crippen MR) is 117 cm³/mol. The minimum atomic E-state index is -0.722. The molecular weight excluding hydrogens is 438 g/mol. The molecule has 0 atom stereocenters.